The van der Waals surface area contributed by atoms with Gasteiger partial charge in [-0.3, -0.25) is 0 Å². The molecular weight excluding hydrogens is 278 g/mol. The van der Waals surface area contributed by atoms with E-state index < -0.39 is 12.0 Å². The number of halogens is 2. The first-order valence-corrected chi connectivity index (χ1v) is 7.07. The molecule has 0 N–H and O–H groups in total. The average Bonchev–Trinajstić information content (AvgIpc) is 2.47. The van der Waals surface area contributed by atoms with Crippen LogP contribution in [0.2, 0.25) is 0 Å². The van der Waals surface area contributed by atoms with E-state index in [-0.39, 0.29) is 19.7 Å². The van der Waals surface area contributed by atoms with Crippen molar-refractivity contribution >= 4 is 11.7 Å². The highest BCUT2D eigenvalue weighted by Crippen LogP contribution is 2.25. The van der Waals surface area contributed by atoms with Gasteiger partial charge < -0.3 is 9.64 Å². The van der Waals surface area contributed by atoms with Crippen LogP contribution in [0.4, 0.5) is 14.5 Å². The summed E-state index contributed by atoms with van der Waals surface area (Å²) in [6.45, 7) is 4.63. The van der Waals surface area contributed by atoms with Crippen molar-refractivity contribution in [3.8, 4) is 0 Å². The molecule has 0 spiro atoms. The van der Waals surface area contributed by atoms with E-state index in [1.165, 1.54) is 6.92 Å². The second-order valence-electron chi connectivity index (χ2n) is 5.07. The van der Waals surface area contributed by atoms with Crippen LogP contribution in [0.25, 0.3) is 0 Å². The summed E-state index contributed by atoms with van der Waals surface area (Å²) in [6, 6.07) is 4.39. The molecule has 0 saturated carbocycles. The maximum absolute atomic E-state index is 13.9. The highest BCUT2D eigenvalue weighted by molar-refractivity contribution is 5.77. The van der Waals surface area contributed by atoms with Crippen LogP contribution in [0.15, 0.2) is 24.3 Å². The number of carbonyl (C=O) groups excluding carboxylic acids is 1. The van der Waals surface area contributed by atoms with Gasteiger partial charge in [0.1, 0.15) is 0 Å². The lowest BCUT2D eigenvalue weighted by Gasteiger charge is -2.38. The van der Waals surface area contributed by atoms with Crippen molar-refractivity contribution in [1.29, 1.82) is 0 Å². The SMILES string of the molecule is CCOC(=O)C(F)(F)N1CCN(c2cccc(C)c2)CC1. The van der Waals surface area contributed by atoms with Crippen LogP contribution in [0.3, 0.4) is 0 Å². The molecule has 1 saturated heterocycles. The minimum absolute atomic E-state index is 0.0440. The summed E-state index contributed by atoms with van der Waals surface area (Å²) in [7, 11) is 0. The molecule has 1 aromatic carbocycles. The van der Waals surface area contributed by atoms with Gasteiger partial charge in [-0.15, -0.1) is 0 Å². The Morgan fingerprint density at radius 3 is 2.52 bits per heavy atom. The predicted octanol–water partition coefficient (Wildman–Crippen LogP) is 2.27. The van der Waals surface area contributed by atoms with Crippen molar-refractivity contribution in [2.24, 2.45) is 0 Å². The van der Waals surface area contributed by atoms with Crippen LogP contribution in [0.5, 0.6) is 0 Å². The van der Waals surface area contributed by atoms with Gasteiger partial charge >= 0.3 is 12.0 Å². The van der Waals surface area contributed by atoms with E-state index >= 15 is 0 Å². The van der Waals surface area contributed by atoms with E-state index in [0.717, 1.165) is 16.2 Å². The monoisotopic (exact) mass is 298 g/mol. The summed E-state index contributed by atoms with van der Waals surface area (Å²) in [5, 5.41) is 0. The lowest BCUT2D eigenvalue weighted by molar-refractivity contribution is -0.203. The third kappa shape index (κ3) is 3.50. The fourth-order valence-electron chi connectivity index (χ4n) is 2.42. The quantitative estimate of drug-likeness (QED) is 0.630. The minimum Gasteiger partial charge on any atom is -0.460 e. The normalized spacial score (nSPS) is 16.9. The fraction of sp³-hybridized carbons (Fsp3) is 0.533. The molecule has 0 bridgehead atoms. The second kappa shape index (κ2) is 6.39. The van der Waals surface area contributed by atoms with Gasteiger partial charge in [0.2, 0.25) is 0 Å². The maximum Gasteiger partial charge on any atom is 0.402 e. The van der Waals surface area contributed by atoms with Crippen molar-refractivity contribution in [3.63, 3.8) is 0 Å². The van der Waals surface area contributed by atoms with Gasteiger partial charge in [0.15, 0.2) is 0 Å². The zero-order valence-corrected chi connectivity index (χ0v) is 12.3. The molecule has 0 aromatic heterocycles. The van der Waals surface area contributed by atoms with Crippen molar-refractivity contribution in [2.45, 2.75) is 19.9 Å². The molecule has 1 aliphatic heterocycles. The third-order valence-corrected chi connectivity index (χ3v) is 3.56. The molecule has 21 heavy (non-hydrogen) atoms. The van der Waals surface area contributed by atoms with Crippen LogP contribution >= 0.6 is 0 Å². The molecular formula is C15H20F2N2O2. The zero-order chi connectivity index (χ0) is 15.5. The van der Waals surface area contributed by atoms with E-state index in [2.05, 4.69) is 4.74 Å². The lowest BCUT2D eigenvalue weighted by atomic mass is 10.2. The summed E-state index contributed by atoms with van der Waals surface area (Å²) < 4.78 is 32.3. The van der Waals surface area contributed by atoms with Crippen molar-refractivity contribution < 1.29 is 18.3 Å². The standard InChI is InChI=1S/C15H20F2N2O2/c1-3-21-14(20)15(16,17)19-9-7-18(8-10-19)13-6-4-5-12(2)11-13/h4-6,11H,3,7-10H2,1-2H3. The van der Waals surface area contributed by atoms with Gasteiger partial charge in [0, 0.05) is 31.9 Å². The van der Waals surface area contributed by atoms with E-state index in [1.54, 1.807) is 0 Å². The van der Waals surface area contributed by atoms with Crippen molar-refractivity contribution in [1.82, 2.24) is 4.90 Å². The van der Waals surface area contributed by atoms with Crippen LogP contribution in [-0.4, -0.2) is 49.7 Å². The number of nitrogens with zero attached hydrogens (tertiary/aromatic N) is 2. The molecule has 1 aliphatic rings. The van der Waals surface area contributed by atoms with Crippen LogP contribution in [-0.2, 0) is 9.53 Å². The first kappa shape index (κ1) is 15.7. The largest absolute Gasteiger partial charge is 0.460 e. The maximum atomic E-state index is 13.9. The molecule has 1 heterocycles. The van der Waals surface area contributed by atoms with E-state index in [1.807, 2.05) is 36.1 Å². The van der Waals surface area contributed by atoms with Crippen LogP contribution < -0.4 is 4.90 Å². The van der Waals surface area contributed by atoms with Crippen LogP contribution in [0, 0.1) is 6.92 Å². The summed E-state index contributed by atoms with van der Waals surface area (Å²) in [5.74, 6) is -1.46. The van der Waals surface area contributed by atoms with Gasteiger partial charge in [-0.1, -0.05) is 12.1 Å². The van der Waals surface area contributed by atoms with Gasteiger partial charge in [0.05, 0.1) is 6.61 Å². The Hall–Kier alpha value is -1.69. The van der Waals surface area contributed by atoms with Crippen molar-refractivity contribution in [3.05, 3.63) is 29.8 Å². The Kier molecular flexibility index (Phi) is 4.77. The molecule has 0 aliphatic carbocycles. The minimum atomic E-state index is -3.55. The molecule has 116 valence electrons. The molecule has 0 amide bonds. The first-order valence-electron chi connectivity index (χ1n) is 7.07. The Bertz CT molecular complexity index is 500. The molecule has 4 nitrogen and oxygen atoms in total. The van der Waals surface area contributed by atoms with E-state index in [0.29, 0.717) is 13.1 Å². The van der Waals surface area contributed by atoms with Gasteiger partial charge in [-0.2, -0.15) is 8.78 Å². The van der Waals surface area contributed by atoms with Crippen LogP contribution in [0.1, 0.15) is 12.5 Å². The third-order valence-electron chi connectivity index (χ3n) is 3.56. The number of esters is 1. The highest BCUT2D eigenvalue weighted by Gasteiger charge is 2.47. The highest BCUT2D eigenvalue weighted by atomic mass is 19.3. The molecule has 6 heteroatoms. The summed E-state index contributed by atoms with van der Waals surface area (Å²) in [4.78, 5) is 14.3. The molecule has 2 rings (SSSR count). The summed E-state index contributed by atoms with van der Waals surface area (Å²) in [5.41, 5.74) is 2.15. The Morgan fingerprint density at radius 1 is 1.29 bits per heavy atom. The predicted molar refractivity (Wildman–Crippen MR) is 76.5 cm³/mol. The number of hydrogen-bond donors (Lipinski definition) is 0. The fourth-order valence-corrected chi connectivity index (χ4v) is 2.42. The van der Waals surface area contributed by atoms with Crippen molar-refractivity contribution in [2.75, 3.05) is 37.7 Å². The molecule has 1 aromatic rings. The van der Waals surface area contributed by atoms with E-state index in [9.17, 15) is 13.6 Å². The smallest absolute Gasteiger partial charge is 0.402 e. The second-order valence-corrected chi connectivity index (χ2v) is 5.07. The van der Waals surface area contributed by atoms with Gasteiger partial charge in [-0.25, -0.2) is 9.69 Å². The number of carbonyl (C=O) groups is 1. The number of ether oxygens (including phenoxy) is 1. The number of aryl methyl sites for hydroxylation is 1. The number of benzene rings is 1. The topological polar surface area (TPSA) is 32.8 Å². The molecule has 0 unspecified atom stereocenters. The number of hydrogen-bond acceptors (Lipinski definition) is 4. The van der Waals surface area contributed by atoms with E-state index in [4.69, 9.17) is 0 Å². The first-order chi connectivity index (χ1) is 9.95. The molecule has 0 radical (unpaired) electrons. The summed E-state index contributed by atoms with van der Waals surface area (Å²) in [6.07, 6.45) is 0. The lowest BCUT2D eigenvalue weighted by Crippen LogP contribution is -2.57. The van der Waals surface area contributed by atoms with Gasteiger partial charge in [-0.05, 0) is 31.5 Å². The Balaban J connectivity index is 1.98. The number of rotatable bonds is 4. The average molecular weight is 298 g/mol. The zero-order valence-electron chi connectivity index (χ0n) is 12.3. The number of piperazine rings is 1. The number of anilines is 1. The Labute approximate surface area is 123 Å². The summed E-state index contributed by atoms with van der Waals surface area (Å²) >= 11 is 0. The Morgan fingerprint density at radius 2 is 1.95 bits per heavy atom. The molecule has 0 atom stereocenters. The molecule has 1 fully saturated rings. The van der Waals surface area contributed by atoms with Gasteiger partial charge in [0.25, 0.3) is 0 Å². The number of alkyl halides is 2.